The molecule has 0 bridgehead atoms. The van der Waals surface area contributed by atoms with Gasteiger partial charge < -0.3 is 15.2 Å². The molecule has 1 atom stereocenters. The molecular weight excluding hydrogens is 510 g/mol. The largest absolute Gasteiger partial charge is 0.464 e. The highest BCUT2D eigenvalue weighted by Gasteiger charge is 2.39. The third-order valence-corrected chi connectivity index (χ3v) is 5.75. The number of hydrogen-bond donors (Lipinski definition) is 2. The minimum Gasteiger partial charge on any atom is -0.464 e. The monoisotopic (exact) mass is 531 g/mol. The first-order valence-corrected chi connectivity index (χ1v) is 11.0. The van der Waals surface area contributed by atoms with Gasteiger partial charge in [0.15, 0.2) is 23.6 Å². The molecule has 1 aromatic carbocycles. The lowest BCUT2D eigenvalue weighted by atomic mass is 10.1. The Hall–Kier alpha value is -3.45. The van der Waals surface area contributed by atoms with Crippen LogP contribution in [0.5, 0.6) is 5.88 Å². The third-order valence-electron chi connectivity index (χ3n) is 5.44. The number of aliphatic hydroxyl groups excluding tert-OH is 1. The zero-order valence-electron chi connectivity index (χ0n) is 19.6. The summed E-state index contributed by atoms with van der Waals surface area (Å²) in [5.41, 5.74) is -0.0504. The number of carbonyl (C=O) groups is 1. The first-order chi connectivity index (χ1) is 16.8. The van der Waals surface area contributed by atoms with Crippen LogP contribution in [0.3, 0.4) is 0 Å². The van der Waals surface area contributed by atoms with E-state index in [4.69, 9.17) is 16.3 Å². The Morgan fingerprint density at radius 3 is 2.53 bits per heavy atom. The smallest absolute Gasteiger partial charge is 0.425 e. The molecule has 0 aliphatic carbocycles. The molecule has 0 fully saturated rings. The summed E-state index contributed by atoms with van der Waals surface area (Å²) in [4.78, 5) is 29.4. The lowest BCUT2D eigenvalue weighted by Gasteiger charge is -2.20. The zero-order valence-corrected chi connectivity index (χ0v) is 20.3. The second-order valence-corrected chi connectivity index (χ2v) is 8.19. The van der Waals surface area contributed by atoms with Gasteiger partial charge in [-0.25, -0.2) is 9.18 Å². The average molecular weight is 532 g/mol. The van der Waals surface area contributed by atoms with Crippen LogP contribution in [0, 0.1) is 19.7 Å². The minimum absolute atomic E-state index is 0.0713. The molecule has 2 heterocycles. The van der Waals surface area contributed by atoms with Crippen molar-refractivity contribution in [3.63, 3.8) is 0 Å². The number of alkyl halides is 3. The van der Waals surface area contributed by atoms with Gasteiger partial charge in [-0.15, -0.1) is 5.10 Å². The molecule has 1 amide bonds. The second kappa shape index (κ2) is 10.3. The number of halogens is 5. The Morgan fingerprint density at radius 2 is 1.97 bits per heavy atom. The van der Waals surface area contributed by atoms with E-state index in [-0.39, 0.29) is 23.1 Å². The number of rotatable bonds is 7. The molecule has 0 saturated heterocycles. The fourth-order valence-corrected chi connectivity index (χ4v) is 3.48. The number of amides is 1. The maximum absolute atomic E-state index is 15.1. The average Bonchev–Trinajstić information content (AvgIpc) is 3.14. The van der Waals surface area contributed by atoms with Gasteiger partial charge >= 0.3 is 11.9 Å². The number of carbonyl (C=O) groups excluding carboxylic acids is 1. The standard InChI is InChI=1S/C22H22ClF4N5O4/c1-5-31-16(9-33)30-32(21(31)35)18-15(24)8-13(20(29-18)36-12(4)22(25,26)27)19(34)28-17-11(3)10(2)6-7-14(17)23/h6-8,12,33H,5,9H2,1-4H3,(H,28,34)/t12-/m0/s1. The molecule has 0 aliphatic rings. The van der Waals surface area contributed by atoms with E-state index in [0.29, 0.717) is 23.2 Å². The SMILES string of the molecule is CCn1c(CO)nn(-c2nc(O[C@@H](C)C(F)(F)F)c(C(=O)Nc3c(Cl)ccc(C)c3C)cc2F)c1=O. The molecule has 2 N–H and O–H groups in total. The Balaban J connectivity index is 2.17. The van der Waals surface area contributed by atoms with E-state index < -0.39 is 53.6 Å². The Bertz CT molecular complexity index is 1370. The number of aromatic nitrogens is 4. The van der Waals surface area contributed by atoms with E-state index in [1.807, 2.05) is 0 Å². The molecule has 3 aromatic rings. The first kappa shape index (κ1) is 27.1. The Morgan fingerprint density at radius 1 is 1.31 bits per heavy atom. The van der Waals surface area contributed by atoms with E-state index in [2.05, 4.69) is 15.4 Å². The lowest BCUT2D eigenvalue weighted by Crippen LogP contribution is -2.33. The van der Waals surface area contributed by atoms with Crippen LogP contribution < -0.4 is 15.7 Å². The van der Waals surface area contributed by atoms with Crippen molar-refractivity contribution >= 4 is 23.2 Å². The van der Waals surface area contributed by atoms with Crippen LogP contribution in [0.1, 0.15) is 41.2 Å². The van der Waals surface area contributed by atoms with Crippen molar-refractivity contribution in [3.05, 3.63) is 62.0 Å². The van der Waals surface area contributed by atoms with E-state index in [1.54, 1.807) is 26.8 Å². The van der Waals surface area contributed by atoms with Gasteiger partial charge in [-0.3, -0.25) is 9.36 Å². The quantitative estimate of drug-likeness (QED) is 0.447. The van der Waals surface area contributed by atoms with Gasteiger partial charge in [0.25, 0.3) is 5.91 Å². The zero-order chi connectivity index (χ0) is 26.9. The number of nitrogens with zero attached hydrogens (tertiary/aromatic N) is 4. The van der Waals surface area contributed by atoms with Gasteiger partial charge in [0, 0.05) is 6.54 Å². The van der Waals surface area contributed by atoms with E-state index in [0.717, 1.165) is 10.1 Å². The molecule has 0 aliphatic heterocycles. The summed E-state index contributed by atoms with van der Waals surface area (Å²) in [5.74, 6) is -4.12. The molecule has 0 radical (unpaired) electrons. The molecule has 0 unspecified atom stereocenters. The van der Waals surface area contributed by atoms with E-state index in [1.165, 1.54) is 6.07 Å². The van der Waals surface area contributed by atoms with E-state index >= 15 is 4.39 Å². The number of hydrogen-bond acceptors (Lipinski definition) is 6. The molecule has 2 aromatic heterocycles. The number of benzene rings is 1. The van der Waals surface area contributed by atoms with Crippen molar-refractivity contribution in [1.29, 1.82) is 0 Å². The molecule has 3 rings (SSSR count). The number of pyridine rings is 1. The normalized spacial score (nSPS) is 12.5. The summed E-state index contributed by atoms with van der Waals surface area (Å²) >= 11 is 6.16. The van der Waals surface area contributed by atoms with Gasteiger partial charge in [0.1, 0.15) is 12.2 Å². The number of ether oxygens (including phenoxy) is 1. The highest BCUT2D eigenvalue weighted by Crippen LogP contribution is 2.31. The number of anilines is 1. The van der Waals surface area contributed by atoms with Crippen LogP contribution in [-0.4, -0.2) is 42.6 Å². The van der Waals surface area contributed by atoms with Crippen LogP contribution in [0.4, 0.5) is 23.2 Å². The molecule has 9 nitrogen and oxygen atoms in total. The molecule has 0 saturated carbocycles. The van der Waals surface area contributed by atoms with Gasteiger partial charge in [0.05, 0.1) is 10.7 Å². The summed E-state index contributed by atoms with van der Waals surface area (Å²) in [6.45, 7) is 5.07. The maximum Gasteiger partial charge on any atom is 0.425 e. The van der Waals surface area contributed by atoms with Crippen molar-refractivity contribution in [3.8, 4) is 11.7 Å². The van der Waals surface area contributed by atoms with Crippen molar-refractivity contribution in [2.75, 3.05) is 5.32 Å². The van der Waals surface area contributed by atoms with Crippen LogP contribution in [0.2, 0.25) is 5.02 Å². The molecule has 194 valence electrons. The second-order valence-electron chi connectivity index (χ2n) is 7.78. The summed E-state index contributed by atoms with van der Waals surface area (Å²) in [6, 6.07) is 3.81. The fraction of sp³-hybridized carbons (Fsp3) is 0.364. The highest BCUT2D eigenvalue weighted by atomic mass is 35.5. The van der Waals surface area contributed by atoms with Gasteiger partial charge in [-0.05, 0) is 51.0 Å². The topological polar surface area (TPSA) is 111 Å². The molecule has 36 heavy (non-hydrogen) atoms. The minimum atomic E-state index is -4.84. The predicted octanol–water partition coefficient (Wildman–Crippen LogP) is 3.93. The molecule has 0 spiro atoms. The summed E-state index contributed by atoms with van der Waals surface area (Å²) in [7, 11) is 0. The molecular formula is C22H22ClF4N5O4. The van der Waals surface area contributed by atoms with Crippen LogP contribution >= 0.6 is 11.6 Å². The van der Waals surface area contributed by atoms with Crippen LogP contribution in [0.15, 0.2) is 23.0 Å². The molecule has 14 heteroatoms. The van der Waals surface area contributed by atoms with Crippen LogP contribution in [0.25, 0.3) is 5.82 Å². The Labute approximate surface area is 207 Å². The maximum atomic E-state index is 15.1. The first-order valence-electron chi connectivity index (χ1n) is 10.6. The fourth-order valence-electron chi connectivity index (χ4n) is 3.22. The van der Waals surface area contributed by atoms with Crippen molar-refractivity contribution < 1.29 is 32.2 Å². The van der Waals surface area contributed by atoms with Gasteiger partial charge in [-0.1, -0.05) is 17.7 Å². The predicted molar refractivity (Wildman–Crippen MR) is 122 cm³/mol. The summed E-state index contributed by atoms with van der Waals surface area (Å²) < 4.78 is 61.2. The van der Waals surface area contributed by atoms with Gasteiger partial charge in [0.2, 0.25) is 5.88 Å². The third kappa shape index (κ3) is 5.21. The number of aliphatic hydroxyl groups is 1. The van der Waals surface area contributed by atoms with Crippen LogP contribution in [-0.2, 0) is 13.2 Å². The summed E-state index contributed by atoms with van der Waals surface area (Å²) in [6.07, 6.45) is -7.28. The summed E-state index contributed by atoms with van der Waals surface area (Å²) in [5, 5.41) is 15.8. The lowest BCUT2D eigenvalue weighted by molar-refractivity contribution is -0.190. The van der Waals surface area contributed by atoms with Crippen molar-refractivity contribution in [2.24, 2.45) is 0 Å². The van der Waals surface area contributed by atoms with E-state index in [9.17, 15) is 27.9 Å². The highest BCUT2D eigenvalue weighted by molar-refractivity contribution is 6.34. The number of aryl methyl sites for hydroxylation is 1. The van der Waals surface area contributed by atoms with Crippen molar-refractivity contribution in [2.45, 2.75) is 53.1 Å². The van der Waals surface area contributed by atoms with Crippen molar-refractivity contribution in [1.82, 2.24) is 19.3 Å². The Kier molecular flexibility index (Phi) is 7.74. The van der Waals surface area contributed by atoms with Gasteiger partial charge in [-0.2, -0.15) is 22.8 Å². The number of nitrogens with one attached hydrogen (secondary N) is 1.